The standard InChI is InChI=1S/C19H18O/c1-15(18-10-6-3-7-11-18)19-13-17(14-20-19)12-16-8-4-2-5-9-16/h2-11,13-15H,12H2,1H3. The summed E-state index contributed by atoms with van der Waals surface area (Å²) in [7, 11) is 0. The van der Waals surface area contributed by atoms with Crippen LogP contribution in [0.4, 0.5) is 0 Å². The van der Waals surface area contributed by atoms with E-state index in [1.807, 2.05) is 18.4 Å². The van der Waals surface area contributed by atoms with Crippen molar-refractivity contribution in [2.24, 2.45) is 0 Å². The van der Waals surface area contributed by atoms with Gasteiger partial charge in [-0.3, -0.25) is 0 Å². The lowest BCUT2D eigenvalue weighted by Gasteiger charge is -2.07. The molecule has 1 atom stereocenters. The first kappa shape index (κ1) is 12.7. The first-order valence-electron chi connectivity index (χ1n) is 6.99. The van der Waals surface area contributed by atoms with Crippen molar-refractivity contribution in [3.8, 4) is 0 Å². The van der Waals surface area contributed by atoms with Crippen LogP contribution in [-0.2, 0) is 6.42 Å². The molecule has 2 aromatic carbocycles. The smallest absolute Gasteiger partial charge is 0.111 e. The van der Waals surface area contributed by atoms with Crippen molar-refractivity contribution in [1.82, 2.24) is 0 Å². The Balaban J connectivity index is 1.77. The third-order valence-electron chi connectivity index (χ3n) is 3.65. The van der Waals surface area contributed by atoms with E-state index in [1.54, 1.807) is 0 Å². The summed E-state index contributed by atoms with van der Waals surface area (Å²) >= 11 is 0. The first-order valence-corrected chi connectivity index (χ1v) is 6.99. The van der Waals surface area contributed by atoms with Crippen LogP contribution >= 0.6 is 0 Å². The molecule has 0 saturated heterocycles. The van der Waals surface area contributed by atoms with Crippen molar-refractivity contribution in [3.05, 3.63) is 95.4 Å². The van der Waals surface area contributed by atoms with Gasteiger partial charge in [0.05, 0.1) is 6.26 Å². The van der Waals surface area contributed by atoms with Crippen LogP contribution in [0.5, 0.6) is 0 Å². The molecule has 3 aromatic rings. The molecule has 0 fully saturated rings. The van der Waals surface area contributed by atoms with E-state index in [2.05, 4.69) is 61.5 Å². The van der Waals surface area contributed by atoms with Gasteiger partial charge in [-0.15, -0.1) is 0 Å². The lowest BCUT2D eigenvalue weighted by atomic mass is 9.98. The maximum atomic E-state index is 5.75. The Morgan fingerprint density at radius 1 is 0.850 bits per heavy atom. The summed E-state index contributed by atoms with van der Waals surface area (Å²) in [6, 6.07) is 23.1. The molecule has 0 N–H and O–H groups in total. The molecule has 1 aromatic heterocycles. The molecule has 3 rings (SSSR count). The van der Waals surface area contributed by atoms with Crippen LogP contribution in [0.3, 0.4) is 0 Å². The quantitative estimate of drug-likeness (QED) is 0.643. The van der Waals surface area contributed by atoms with Crippen LogP contribution in [0, 0.1) is 0 Å². The number of furan rings is 1. The van der Waals surface area contributed by atoms with Crippen molar-refractivity contribution < 1.29 is 4.42 Å². The van der Waals surface area contributed by atoms with Crippen LogP contribution in [-0.4, -0.2) is 0 Å². The van der Waals surface area contributed by atoms with E-state index in [9.17, 15) is 0 Å². The minimum Gasteiger partial charge on any atom is -0.468 e. The fourth-order valence-corrected chi connectivity index (χ4v) is 2.45. The van der Waals surface area contributed by atoms with Crippen molar-refractivity contribution in [3.63, 3.8) is 0 Å². The molecular weight excluding hydrogens is 244 g/mol. The number of rotatable bonds is 4. The lowest BCUT2D eigenvalue weighted by Crippen LogP contribution is -1.93. The molecule has 100 valence electrons. The number of hydrogen-bond donors (Lipinski definition) is 0. The normalized spacial score (nSPS) is 12.2. The van der Waals surface area contributed by atoms with Crippen molar-refractivity contribution in [1.29, 1.82) is 0 Å². The van der Waals surface area contributed by atoms with E-state index >= 15 is 0 Å². The Labute approximate surface area is 119 Å². The molecule has 0 aliphatic heterocycles. The molecule has 1 nitrogen and oxygen atoms in total. The minimum atomic E-state index is 0.292. The molecule has 0 aliphatic rings. The van der Waals surface area contributed by atoms with Crippen LogP contribution in [0.2, 0.25) is 0 Å². The molecule has 1 heterocycles. The maximum Gasteiger partial charge on any atom is 0.111 e. The Kier molecular flexibility index (Phi) is 3.69. The second kappa shape index (κ2) is 5.79. The lowest BCUT2D eigenvalue weighted by molar-refractivity contribution is 0.494. The van der Waals surface area contributed by atoms with E-state index in [0.717, 1.165) is 12.2 Å². The van der Waals surface area contributed by atoms with Crippen LogP contribution in [0.15, 0.2) is 77.4 Å². The summed E-state index contributed by atoms with van der Waals surface area (Å²) in [4.78, 5) is 0. The highest BCUT2D eigenvalue weighted by Crippen LogP contribution is 2.26. The third-order valence-corrected chi connectivity index (χ3v) is 3.65. The summed E-state index contributed by atoms with van der Waals surface area (Å²) in [5.41, 5.74) is 3.83. The second-order valence-corrected chi connectivity index (χ2v) is 5.15. The van der Waals surface area contributed by atoms with E-state index in [1.165, 1.54) is 16.7 Å². The van der Waals surface area contributed by atoms with Crippen LogP contribution in [0.25, 0.3) is 0 Å². The van der Waals surface area contributed by atoms with Crippen molar-refractivity contribution in [2.45, 2.75) is 19.3 Å². The van der Waals surface area contributed by atoms with E-state index in [-0.39, 0.29) is 0 Å². The third kappa shape index (κ3) is 2.83. The second-order valence-electron chi connectivity index (χ2n) is 5.15. The topological polar surface area (TPSA) is 13.1 Å². The molecule has 1 unspecified atom stereocenters. The van der Waals surface area contributed by atoms with Gasteiger partial charge in [0, 0.05) is 12.3 Å². The van der Waals surface area contributed by atoms with Crippen LogP contribution < -0.4 is 0 Å². The average Bonchev–Trinajstić information content (AvgIpc) is 2.97. The Morgan fingerprint density at radius 2 is 1.50 bits per heavy atom. The van der Waals surface area contributed by atoms with Crippen molar-refractivity contribution >= 4 is 0 Å². The fourth-order valence-electron chi connectivity index (χ4n) is 2.45. The van der Waals surface area contributed by atoms with Gasteiger partial charge >= 0.3 is 0 Å². The Hall–Kier alpha value is -2.28. The monoisotopic (exact) mass is 262 g/mol. The number of benzene rings is 2. The Morgan fingerprint density at radius 3 is 2.20 bits per heavy atom. The highest BCUT2D eigenvalue weighted by atomic mass is 16.3. The summed E-state index contributed by atoms with van der Waals surface area (Å²) in [5, 5.41) is 0. The predicted octanol–water partition coefficient (Wildman–Crippen LogP) is 5.02. The van der Waals surface area contributed by atoms with E-state index in [0.29, 0.717) is 5.92 Å². The van der Waals surface area contributed by atoms with Crippen LogP contribution in [0.1, 0.15) is 35.3 Å². The zero-order valence-corrected chi connectivity index (χ0v) is 11.6. The molecule has 0 radical (unpaired) electrons. The van der Waals surface area contributed by atoms with E-state index < -0.39 is 0 Å². The summed E-state index contributed by atoms with van der Waals surface area (Å²) in [5.74, 6) is 1.32. The molecule has 0 spiro atoms. The van der Waals surface area contributed by atoms with Gasteiger partial charge in [0.1, 0.15) is 5.76 Å². The summed E-state index contributed by atoms with van der Waals surface area (Å²) < 4.78 is 5.75. The zero-order chi connectivity index (χ0) is 13.8. The molecule has 0 amide bonds. The van der Waals surface area contributed by atoms with Gasteiger partial charge in [0.15, 0.2) is 0 Å². The molecule has 0 bridgehead atoms. The van der Waals surface area contributed by atoms with Gasteiger partial charge in [0.2, 0.25) is 0 Å². The summed E-state index contributed by atoms with van der Waals surface area (Å²) in [6.45, 7) is 2.18. The van der Waals surface area contributed by atoms with E-state index in [4.69, 9.17) is 4.42 Å². The summed E-state index contributed by atoms with van der Waals surface area (Å²) in [6.07, 6.45) is 2.80. The molecule has 1 heteroatoms. The highest BCUT2D eigenvalue weighted by molar-refractivity contribution is 5.30. The SMILES string of the molecule is CC(c1ccccc1)c1cc(Cc2ccccc2)co1. The zero-order valence-electron chi connectivity index (χ0n) is 11.6. The fraction of sp³-hybridized carbons (Fsp3) is 0.158. The van der Waals surface area contributed by atoms with Crippen molar-refractivity contribution in [2.75, 3.05) is 0 Å². The van der Waals surface area contributed by atoms with Gasteiger partial charge in [-0.1, -0.05) is 67.6 Å². The van der Waals surface area contributed by atoms with Gasteiger partial charge in [-0.25, -0.2) is 0 Å². The molecular formula is C19H18O. The molecule has 20 heavy (non-hydrogen) atoms. The van der Waals surface area contributed by atoms with Gasteiger partial charge in [-0.2, -0.15) is 0 Å². The van der Waals surface area contributed by atoms with Gasteiger partial charge < -0.3 is 4.42 Å². The van der Waals surface area contributed by atoms with Gasteiger partial charge in [0.25, 0.3) is 0 Å². The highest BCUT2D eigenvalue weighted by Gasteiger charge is 2.12. The first-order chi connectivity index (χ1) is 9.83. The van der Waals surface area contributed by atoms with Gasteiger partial charge in [-0.05, 0) is 22.8 Å². The molecule has 0 aliphatic carbocycles. The minimum absolute atomic E-state index is 0.292. The average molecular weight is 262 g/mol. The largest absolute Gasteiger partial charge is 0.468 e. The number of hydrogen-bond acceptors (Lipinski definition) is 1. The maximum absolute atomic E-state index is 5.75. The Bertz CT molecular complexity index is 653. The molecule has 0 saturated carbocycles. The predicted molar refractivity (Wildman–Crippen MR) is 81.9 cm³/mol.